The van der Waals surface area contributed by atoms with E-state index in [1.165, 1.54) is 0 Å². The van der Waals surface area contributed by atoms with Crippen molar-refractivity contribution < 1.29 is 13.9 Å². The van der Waals surface area contributed by atoms with Crippen LogP contribution in [0.3, 0.4) is 0 Å². The molecule has 2 N–H and O–H groups in total. The van der Waals surface area contributed by atoms with E-state index in [1.54, 1.807) is 19.4 Å². The SMILES string of the molecule is CC1(C)OB(c2ccc(P(C)(C)=O)c(N)c2)OC1(C)C. The number of hydrogen-bond acceptors (Lipinski definition) is 4. The molecule has 6 heteroatoms. The maximum Gasteiger partial charge on any atom is 0.494 e. The molecule has 1 aliphatic rings. The van der Waals surface area contributed by atoms with E-state index in [0.29, 0.717) is 11.0 Å². The minimum Gasteiger partial charge on any atom is -0.399 e. The average molecular weight is 295 g/mol. The van der Waals surface area contributed by atoms with Gasteiger partial charge < -0.3 is 19.6 Å². The molecular formula is C14H23BNO3P. The summed E-state index contributed by atoms with van der Waals surface area (Å²) in [7, 11) is -2.81. The van der Waals surface area contributed by atoms with Crippen molar-refractivity contribution >= 4 is 30.7 Å². The van der Waals surface area contributed by atoms with Crippen molar-refractivity contribution in [2.45, 2.75) is 38.9 Å². The number of hydrogen-bond donors (Lipinski definition) is 1. The van der Waals surface area contributed by atoms with Crippen LogP contribution in [0.2, 0.25) is 0 Å². The van der Waals surface area contributed by atoms with Gasteiger partial charge in [-0.3, -0.25) is 0 Å². The maximum atomic E-state index is 12.1. The van der Waals surface area contributed by atoms with Crippen molar-refractivity contribution in [2.24, 2.45) is 0 Å². The lowest BCUT2D eigenvalue weighted by atomic mass is 9.79. The van der Waals surface area contributed by atoms with Gasteiger partial charge >= 0.3 is 7.12 Å². The van der Waals surface area contributed by atoms with E-state index < -0.39 is 14.3 Å². The van der Waals surface area contributed by atoms with Crippen LogP contribution < -0.4 is 16.5 Å². The van der Waals surface area contributed by atoms with Gasteiger partial charge in [0, 0.05) is 11.0 Å². The summed E-state index contributed by atoms with van der Waals surface area (Å²) < 4.78 is 24.1. The molecule has 4 nitrogen and oxygen atoms in total. The summed E-state index contributed by atoms with van der Waals surface area (Å²) in [5, 5.41) is 0.706. The highest BCUT2D eigenvalue weighted by atomic mass is 31.2. The molecule has 0 amide bonds. The Morgan fingerprint density at radius 3 is 2.00 bits per heavy atom. The van der Waals surface area contributed by atoms with Crippen molar-refractivity contribution in [3.8, 4) is 0 Å². The number of rotatable bonds is 2. The van der Waals surface area contributed by atoms with Gasteiger partial charge in [0.05, 0.1) is 11.2 Å². The average Bonchev–Trinajstić information content (AvgIpc) is 2.46. The quantitative estimate of drug-likeness (QED) is 0.513. The molecular weight excluding hydrogens is 272 g/mol. The lowest BCUT2D eigenvalue weighted by molar-refractivity contribution is 0.00578. The summed E-state index contributed by atoms with van der Waals surface area (Å²) in [5.74, 6) is 0. The van der Waals surface area contributed by atoms with E-state index in [1.807, 2.05) is 39.8 Å². The highest BCUT2D eigenvalue weighted by Gasteiger charge is 2.51. The smallest absolute Gasteiger partial charge is 0.399 e. The van der Waals surface area contributed by atoms with Crippen LogP contribution in [0.5, 0.6) is 0 Å². The Kier molecular flexibility index (Phi) is 3.61. The Labute approximate surface area is 121 Å². The zero-order valence-electron chi connectivity index (χ0n) is 13.1. The van der Waals surface area contributed by atoms with Gasteiger partial charge in [0.2, 0.25) is 0 Å². The third kappa shape index (κ3) is 2.67. The summed E-state index contributed by atoms with van der Waals surface area (Å²) in [4.78, 5) is 0. The second kappa shape index (κ2) is 4.62. The molecule has 1 aliphatic heterocycles. The fraction of sp³-hybridized carbons (Fsp3) is 0.571. The van der Waals surface area contributed by atoms with E-state index in [4.69, 9.17) is 15.0 Å². The van der Waals surface area contributed by atoms with Gasteiger partial charge in [0.15, 0.2) is 0 Å². The molecule has 0 spiro atoms. The molecule has 0 aromatic heterocycles. The standard InChI is InChI=1S/C14H23BNO3P/c1-13(2)14(3,4)19-15(18-13)10-7-8-12(11(16)9-10)20(5,6)17/h7-9H,16H2,1-6H3. The Balaban J connectivity index is 2.33. The zero-order valence-corrected chi connectivity index (χ0v) is 14.0. The fourth-order valence-electron chi connectivity index (χ4n) is 2.19. The first-order valence-electron chi connectivity index (χ1n) is 6.75. The van der Waals surface area contributed by atoms with Gasteiger partial charge in [-0.2, -0.15) is 0 Å². The molecule has 110 valence electrons. The van der Waals surface area contributed by atoms with Crippen LogP contribution in [0.25, 0.3) is 0 Å². The Hall–Kier alpha value is -0.765. The maximum absolute atomic E-state index is 12.1. The zero-order chi connectivity index (χ0) is 15.3. The molecule has 0 aliphatic carbocycles. The van der Waals surface area contributed by atoms with Crippen molar-refractivity contribution in [1.29, 1.82) is 0 Å². The second-order valence-electron chi connectivity index (χ2n) is 6.76. The van der Waals surface area contributed by atoms with Crippen molar-refractivity contribution in [1.82, 2.24) is 0 Å². The first-order chi connectivity index (χ1) is 8.94. The van der Waals surface area contributed by atoms with Gasteiger partial charge in [-0.15, -0.1) is 0 Å². The third-order valence-electron chi connectivity index (χ3n) is 4.16. The Morgan fingerprint density at radius 2 is 1.60 bits per heavy atom. The first-order valence-corrected chi connectivity index (χ1v) is 9.35. The molecule has 20 heavy (non-hydrogen) atoms. The summed E-state index contributed by atoms with van der Waals surface area (Å²) in [5.41, 5.74) is 6.66. The van der Waals surface area contributed by atoms with Crippen LogP contribution in [0.1, 0.15) is 27.7 Å². The molecule has 1 aromatic rings. The van der Waals surface area contributed by atoms with Gasteiger partial charge in [0.1, 0.15) is 7.14 Å². The molecule has 0 saturated carbocycles. The van der Waals surface area contributed by atoms with Crippen LogP contribution in [0.4, 0.5) is 5.69 Å². The van der Waals surface area contributed by atoms with Crippen molar-refractivity contribution in [2.75, 3.05) is 19.1 Å². The number of nitrogens with two attached hydrogens (primary N) is 1. The molecule has 0 unspecified atom stereocenters. The molecule has 1 heterocycles. The monoisotopic (exact) mass is 295 g/mol. The van der Waals surface area contributed by atoms with Crippen LogP contribution >= 0.6 is 7.14 Å². The van der Waals surface area contributed by atoms with E-state index in [0.717, 1.165) is 5.46 Å². The van der Waals surface area contributed by atoms with Gasteiger partial charge in [-0.25, -0.2) is 0 Å². The molecule has 0 atom stereocenters. The molecule has 1 fully saturated rings. The highest BCUT2D eigenvalue weighted by Crippen LogP contribution is 2.38. The fourth-order valence-corrected chi connectivity index (χ4v) is 3.31. The van der Waals surface area contributed by atoms with Crippen LogP contribution in [0.15, 0.2) is 18.2 Å². The number of nitrogen functional groups attached to an aromatic ring is 1. The van der Waals surface area contributed by atoms with Crippen LogP contribution in [-0.2, 0) is 13.9 Å². The number of anilines is 1. The predicted octanol–water partition coefficient (Wildman–Crippen LogP) is 1.82. The molecule has 0 radical (unpaired) electrons. The largest absolute Gasteiger partial charge is 0.494 e. The summed E-state index contributed by atoms with van der Waals surface area (Å²) in [6.45, 7) is 11.5. The summed E-state index contributed by atoms with van der Waals surface area (Å²) in [6.07, 6.45) is 0. The predicted molar refractivity (Wildman–Crippen MR) is 85.7 cm³/mol. The van der Waals surface area contributed by atoms with E-state index in [9.17, 15) is 4.57 Å². The topological polar surface area (TPSA) is 61.5 Å². The van der Waals surface area contributed by atoms with E-state index in [2.05, 4.69) is 0 Å². The molecule has 0 bridgehead atoms. The normalized spacial score (nSPS) is 21.2. The van der Waals surface area contributed by atoms with E-state index >= 15 is 0 Å². The van der Waals surface area contributed by atoms with E-state index in [-0.39, 0.29) is 11.2 Å². The third-order valence-corrected chi connectivity index (χ3v) is 5.72. The summed E-state index contributed by atoms with van der Waals surface area (Å²) >= 11 is 0. The second-order valence-corrected chi connectivity index (χ2v) is 9.94. The molecule has 1 aromatic carbocycles. The highest BCUT2D eigenvalue weighted by molar-refractivity contribution is 7.70. The number of benzene rings is 1. The van der Waals surface area contributed by atoms with Crippen molar-refractivity contribution in [3.05, 3.63) is 18.2 Å². The van der Waals surface area contributed by atoms with Gasteiger partial charge in [-0.05, 0) is 58.6 Å². The minimum atomic E-state index is -2.36. The molecule has 2 rings (SSSR count). The van der Waals surface area contributed by atoms with Gasteiger partial charge in [0.25, 0.3) is 0 Å². The van der Waals surface area contributed by atoms with Gasteiger partial charge in [-0.1, -0.05) is 6.07 Å². The lowest BCUT2D eigenvalue weighted by Gasteiger charge is -2.32. The first kappa shape index (κ1) is 15.6. The Bertz CT molecular complexity index is 564. The Morgan fingerprint density at radius 1 is 1.10 bits per heavy atom. The minimum absolute atomic E-state index is 0.379. The van der Waals surface area contributed by atoms with Crippen molar-refractivity contribution in [3.63, 3.8) is 0 Å². The van der Waals surface area contributed by atoms with Crippen LogP contribution in [-0.4, -0.2) is 31.7 Å². The molecule has 1 saturated heterocycles. The summed E-state index contributed by atoms with van der Waals surface area (Å²) in [6, 6.07) is 5.50. The lowest BCUT2D eigenvalue weighted by Crippen LogP contribution is -2.41. The van der Waals surface area contributed by atoms with Crippen LogP contribution in [0, 0.1) is 0 Å².